The van der Waals surface area contributed by atoms with Gasteiger partial charge >= 0.3 is 0 Å². The molecule has 3 N–H and O–H groups in total. The predicted molar refractivity (Wildman–Crippen MR) is 79.9 cm³/mol. The highest BCUT2D eigenvalue weighted by Gasteiger charge is 2.13. The molecule has 0 unspecified atom stereocenters. The van der Waals surface area contributed by atoms with Crippen LogP contribution >= 0.6 is 15.9 Å². The Morgan fingerprint density at radius 3 is 2.67 bits per heavy atom. The molecule has 18 heavy (non-hydrogen) atoms. The summed E-state index contributed by atoms with van der Waals surface area (Å²) < 4.78 is 0.914. The third kappa shape index (κ3) is 3.63. The molecule has 0 aliphatic rings. The summed E-state index contributed by atoms with van der Waals surface area (Å²) >= 11 is 3.50. The second-order valence-corrected chi connectivity index (χ2v) is 4.98. The fourth-order valence-electron chi connectivity index (χ4n) is 1.72. The number of rotatable bonds is 5. The molecule has 0 aliphatic heterocycles. The van der Waals surface area contributed by atoms with Crippen LogP contribution in [0.5, 0.6) is 0 Å². The van der Waals surface area contributed by atoms with Gasteiger partial charge in [0.1, 0.15) is 0 Å². The molecule has 0 aliphatic carbocycles. The molecule has 1 rings (SSSR count). The van der Waals surface area contributed by atoms with E-state index in [0.29, 0.717) is 13.1 Å². The number of benzene rings is 1. The number of carbonyl (C=O) groups is 1. The number of nitrogens with one attached hydrogen (secondary N) is 1. The van der Waals surface area contributed by atoms with Gasteiger partial charge in [0.15, 0.2) is 0 Å². The molecule has 0 fully saturated rings. The van der Waals surface area contributed by atoms with Crippen molar-refractivity contribution in [2.24, 2.45) is 0 Å². The van der Waals surface area contributed by atoms with Crippen molar-refractivity contribution in [3.05, 3.63) is 22.2 Å². The van der Waals surface area contributed by atoms with Gasteiger partial charge in [-0.05, 0) is 54.4 Å². The summed E-state index contributed by atoms with van der Waals surface area (Å²) in [7, 11) is 0. The van der Waals surface area contributed by atoms with Crippen LogP contribution in [-0.2, 0) is 4.79 Å². The van der Waals surface area contributed by atoms with E-state index in [4.69, 9.17) is 5.73 Å². The Kier molecular flexibility index (Phi) is 5.47. The summed E-state index contributed by atoms with van der Waals surface area (Å²) in [4.78, 5) is 13.7. The van der Waals surface area contributed by atoms with Crippen LogP contribution in [0.1, 0.15) is 19.4 Å². The van der Waals surface area contributed by atoms with Gasteiger partial charge in [0.05, 0.1) is 12.2 Å². The summed E-state index contributed by atoms with van der Waals surface area (Å²) in [6, 6.07) is 3.88. The normalized spacial score (nSPS) is 10.2. The highest BCUT2D eigenvalue weighted by atomic mass is 79.9. The Balaban J connectivity index is 2.95. The lowest BCUT2D eigenvalue weighted by Gasteiger charge is -2.24. The average Bonchev–Trinajstić information content (AvgIpc) is 2.31. The topological polar surface area (TPSA) is 58.4 Å². The van der Waals surface area contributed by atoms with E-state index in [2.05, 4.69) is 21.2 Å². The van der Waals surface area contributed by atoms with Gasteiger partial charge in [-0.1, -0.05) is 0 Å². The molecule has 0 saturated heterocycles. The molecule has 0 saturated carbocycles. The number of nitrogens with two attached hydrogens (primary N) is 1. The number of hydrogen-bond acceptors (Lipinski definition) is 3. The number of carbonyl (C=O) groups excluding carboxylic acids is 1. The van der Waals surface area contributed by atoms with Crippen molar-refractivity contribution >= 4 is 33.2 Å². The van der Waals surface area contributed by atoms with Crippen LogP contribution in [0.3, 0.4) is 0 Å². The molecular weight excluding hydrogens is 294 g/mol. The third-order valence-corrected chi connectivity index (χ3v) is 3.40. The maximum absolute atomic E-state index is 11.7. The first-order valence-electron chi connectivity index (χ1n) is 6.06. The third-order valence-electron chi connectivity index (χ3n) is 2.77. The van der Waals surface area contributed by atoms with Crippen LogP contribution in [0.25, 0.3) is 0 Å². The summed E-state index contributed by atoms with van der Waals surface area (Å²) in [5.74, 6) is 0.0285. The van der Waals surface area contributed by atoms with Crippen LogP contribution in [0, 0.1) is 6.92 Å². The highest BCUT2D eigenvalue weighted by Crippen LogP contribution is 2.30. The highest BCUT2D eigenvalue weighted by molar-refractivity contribution is 9.10. The van der Waals surface area contributed by atoms with Gasteiger partial charge in [-0.2, -0.15) is 0 Å². The number of halogens is 1. The quantitative estimate of drug-likeness (QED) is 0.820. The van der Waals surface area contributed by atoms with E-state index in [9.17, 15) is 4.79 Å². The van der Waals surface area contributed by atoms with E-state index in [1.165, 1.54) is 0 Å². The Morgan fingerprint density at radius 1 is 1.44 bits per heavy atom. The van der Waals surface area contributed by atoms with Crippen LogP contribution in [-0.4, -0.2) is 25.5 Å². The molecule has 0 spiro atoms. The number of anilines is 2. The SMILES string of the molecule is CCNC(=O)CN(CC)c1cc(C)c(N)cc1Br. The minimum absolute atomic E-state index is 0.0285. The molecule has 0 bridgehead atoms. The molecule has 0 heterocycles. The maximum atomic E-state index is 11.7. The van der Waals surface area contributed by atoms with Crippen molar-refractivity contribution in [3.63, 3.8) is 0 Å². The van der Waals surface area contributed by atoms with Gasteiger partial charge < -0.3 is 16.0 Å². The summed E-state index contributed by atoms with van der Waals surface area (Å²) in [6.07, 6.45) is 0. The summed E-state index contributed by atoms with van der Waals surface area (Å²) in [5, 5.41) is 2.80. The van der Waals surface area contributed by atoms with Crippen molar-refractivity contribution in [1.82, 2.24) is 5.32 Å². The zero-order valence-electron chi connectivity index (χ0n) is 11.1. The van der Waals surface area contributed by atoms with Crippen molar-refractivity contribution < 1.29 is 4.79 Å². The van der Waals surface area contributed by atoms with E-state index >= 15 is 0 Å². The molecule has 0 atom stereocenters. The van der Waals surface area contributed by atoms with Crippen molar-refractivity contribution in [1.29, 1.82) is 0 Å². The minimum Gasteiger partial charge on any atom is -0.398 e. The number of amides is 1. The number of hydrogen-bond donors (Lipinski definition) is 2. The molecule has 1 amide bonds. The molecule has 1 aromatic carbocycles. The van der Waals surface area contributed by atoms with E-state index in [-0.39, 0.29) is 5.91 Å². The predicted octanol–water partition coefficient (Wildman–Crippen LogP) is 2.30. The molecule has 0 radical (unpaired) electrons. The average molecular weight is 314 g/mol. The monoisotopic (exact) mass is 313 g/mol. The fraction of sp³-hybridized carbons (Fsp3) is 0.462. The Labute approximate surface area is 117 Å². The van der Waals surface area contributed by atoms with E-state index in [0.717, 1.165) is 28.0 Å². The largest absolute Gasteiger partial charge is 0.398 e. The van der Waals surface area contributed by atoms with Crippen LogP contribution < -0.4 is 16.0 Å². The minimum atomic E-state index is 0.0285. The first-order chi connectivity index (χ1) is 8.49. The van der Waals surface area contributed by atoms with Gasteiger partial charge in [0.25, 0.3) is 0 Å². The van der Waals surface area contributed by atoms with Gasteiger partial charge in [-0.25, -0.2) is 0 Å². The Morgan fingerprint density at radius 2 is 2.11 bits per heavy atom. The number of likely N-dealkylation sites (N-methyl/N-ethyl adjacent to an activating group) is 2. The number of nitrogen functional groups attached to an aromatic ring is 1. The summed E-state index contributed by atoms with van der Waals surface area (Å²) in [5.41, 5.74) is 8.61. The molecule has 5 heteroatoms. The smallest absolute Gasteiger partial charge is 0.239 e. The zero-order valence-corrected chi connectivity index (χ0v) is 12.7. The van der Waals surface area contributed by atoms with Gasteiger partial charge in [-0.15, -0.1) is 0 Å². The lowest BCUT2D eigenvalue weighted by molar-refractivity contribution is -0.119. The van der Waals surface area contributed by atoms with Gasteiger partial charge in [-0.3, -0.25) is 4.79 Å². The molecule has 100 valence electrons. The lowest BCUT2D eigenvalue weighted by Crippen LogP contribution is -2.37. The first-order valence-corrected chi connectivity index (χ1v) is 6.86. The second-order valence-electron chi connectivity index (χ2n) is 4.13. The van der Waals surface area contributed by atoms with E-state index in [1.807, 2.05) is 37.8 Å². The first kappa shape index (κ1) is 14.8. The number of aryl methyl sites for hydroxylation is 1. The second kappa shape index (κ2) is 6.64. The zero-order chi connectivity index (χ0) is 13.7. The Hall–Kier alpha value is -1.23. The summed E-state index contributed by atoms with van der Waals surface area (Å²) in [6.45, 7) is 7.67. The van der Waals surface area contributed by atoms with Crippen LogP contribution in [0.15, 0.2) is 16.6 Å². The van der Waals surface area contributed by atoms with Crippen molar-refractivity contribution in [2.45, 2.75) is 20.8 Å². The molecule has 4 nitrogen and oxygen atoms in total. The van der Waals surface area contributed by atoms with Gasteiger partial charge in [0.2, 0.25) is 5.91 Å². The standard InChI is InChI=1S/C13H20BrN3O/c1-4-16-13(18)8-17(5-2)12-6-9(3)11(15)7-10(12)14/h6-7H,4-5,8,15H2,1-3H3,(H,16,18). The van der Waals surface area contributed by atoms with Crippen molar-refractivity contribution in [2.75, 3.05) is 30.3 Å². The Bertz CT molecular complexity index is 434. The van der Waals surface area contributed by atoms with E-state index in [1.54, 1.807) is 0 Å². The molecule has 0 aromatic heterocycles. The molecular formula is C13H20BrN3O. The fourth-order valence-corrected chi connectivity index (χ4v) is 2.33. The van der Waals surface area contributed by atoms with Crippen LogP contribution in [0.2, 0.25) is 0 Å². The molecule has 1 aromatic rings. The van der Waals surface area contributed by atoms with E-state index < -0.39 is 0 Å². The van der Waals surface area contributed by atoms with Crippen molar-refractivity contribution in [3.8, 4) is 0 Å². The van der Waals surface area contributed by atoms with Gasteiger partial charge in [0, 0.05) is 23.2 Å². The number of nitrogens with zero attached hydrogens (tertiary/aromatic N) is 1. The maximum Gasteiger partial charge on any atom is 0.239 e. The van der Waals surface area contributed by atoms with Crippen LogP contribution in [0.4, 0.5) is 11.4 Å². The lowest BCUT2D eigenvalue weighted by atomic mass is 10.1.